The lowest BCUT2D eigenvalue weighted by atomic mass is 9.90. The highest BCUT2D eigenvalue weighted by Crippen LogP contribution is 2.25. The van der Waals surface area contributed by atoms with Crippen LogP contribution in [0.5, 0.6) is 0 Å². The van der Waals surface area contributed by atoms with Crippen LogP contribution in [0.2, 0.25) is 0 Å². The standard InChI is InChI=1S/C11H18N2OS/c1-8-10(2-4-14-8)11(13-12)6-9-3-5-15-7-9/h3,5,7-8,10-11,13H,2,4,6,12H2,1H3. The average molecular weight is 226 g/mol. The summed E-state index contributed by atoms with van der Waals surface area (Å²) < 4.78 is 5.57. The predicted octanol–water partition coefficient (Wildman–Crippen LogP) is 1.55. The number of thiophene rings is 1. The molecule has 3 atom stereocenters. The van der Waals surface area contributed by atoms with E-state index in [4.69, 9.17) is 10.6 Å². The number of hydrogen-bond donors (Lipinski definition) is 2. The Morgan fingerprint density at radius 3 is 3.13 bits per heavy atom. The lowest BCUT2D eigenvalue weighted by Crippen LogP contribution is -2.44. The summed E-state index contributed by atoms with van der Waals surface area (Å²) >= 11 is 1.74. The molecule has 1 fully saturated rings. The molecule has 0 spiro atoms. The molecule has 0 amide bonds. The van der Waals surface area contributed by atoms with Crippen LogP contribution in [0.25, 0.3) is 0 Å². The third-order valence-electron chi connectivity index (χ3n) is 3.20. The first-order valence-electron chi connectivity index (χ1n) is 5.40. The van der Waals surface area contributed by atoms with Crippen LogP contribution < -0.4 is 11.3 Å². The van der Waals surface area contributed by atoms with E-state index in [1.54, 1.807) is 11.3 Å². The minimum Gasteiger partial charge on any atom is -0.378 e. The molecule has 1 aromatic heterocycles. The molecule has 0 aliphatic carbocycles. The van der Waals surface area contributed by atoms with Gasteiger partial charge in [-0.2, -0.15) is 11.3 Å². The Morgan fingerprint density at radius 1 is 1.73 bits per heavy atom. The van der Waals surface area contributed by atoms with Crippen molar-refractivity contribution in [3.8, 4) is 0 Å². The van der Waals surface area contributed by atoms with E-state index < -0.39 is 0 Å². The molecule has 0 bridgehead atoms. The van der Waals surface area contributed by atoms with Gasteiger partial charge in [0.25, 0.3) is 0 Å². The van der Waals surface area contributed by atoms with Crippen molar-refractivity contribution in [1.29, 1.82) is 0 Å². The minimum atomic E-state index is 0.324. The van der Waals surface area contributed by atoms with Crippen molar-refractivity contribution >= 4 is 11.3 Å². The smallest absolute Gasteiger partial charge is 0.0591 e. The molecule has 4 heteroatoms. The lowest BCUT2D eigenvalue weighted by molar-refractivity contribution is 0.0954. The van der Waals surface area contributed by atoms with Gasteiger partial charge in [0.1, 0.15) is 0 Å². The molecule has 1 aliphatic heterocycles. The highest BCUT2D eigenvalue weighted by molar-refractivity contribution is 7.07. The molecule has 3 nitrogen and oxygen atoms in total. The molecule has 1 saturated heterocycles. The maximum Gasteiger partial charge on any atom is 0.0591 e. The number of nitrogens with one attached hydrogen (secondary N) is 1. The molecule has 2 rings (SSSR count). The Balaban J connectivity index is 1.97. The van der Waals surface area contributed by atoms with Gasteiger partial charge < -0.3 is 4.74 Å². The molecule has 2 heterocycles. The largest absolute Gasteiger partial charge is 0.378 e. The quantitative estimate of drug-likeness (QED) is 0.605. The molecule has 3 N–H and O–H groups in total. The van der Waals surface area contributed by atoms with Crippen molar-refractivity contribution in [2.24, 2.45) is 11.8 Å². The highest BCUT2D eigenvalue weighted by Gasteiger charge is 2.31. The van der Waals surface area contributed by atoms with Crippen molar-refractivity contribution in [3.63, 3.8) is 0 Å². The second-order valence-corrected chi connectivity index (χ2v) is 4.92. The van der Waals surface area contributed by atoms with Gasteiger partial charge in [0.2, 0.25) is 0 Å². The monoisotopic (exact) mass is 226 g/mol. The number of nitrogens with two attached hydrogens (primary N) is 1. The highest BCUT2D eigenvalue weighted by atomic mass is 32.1. The fourth-order valence-electron chi connectivity index (χ4n) is 2.27. The van der Waals surface area contributed by atoms with Crippen LogP contribution >= 0.6 is 11.3 Å². The van der Waals surface area contributed by atoms with Gasteiger partial charge in [-0.25, -0.2) is 0 Å². The first kappa shape index (κ1) is 11.1. The normalized spacial score (nSPS) is 28.1. The van der Waals surface area contributed by atoms with E-state index >= 15 is 0 Å². The number of hydrazine groups is 1. The van der Waals surface area contributed by atoms with Crippen LogP contribution in [0.4, 0.5) is 0 Å². The van der Waals surface area contributed by atoms with Crippen LogP contribution in [0.3, 0.4) is 0 Å². The summed E-state index contributed by atoms with van der Waals surface area (Å²) in [6, 6.07) is 2.49. The van der Waals surface area contributed by atoms with Crippen molar-refractivity contribution < 1.29 is 4.74 Å². The summed E-state index contributed by atoms with van der Waals surface area (Å²) in [4.78, 5) is 0. The van der Waals surface area contributed by atoms with Crippen molar-refractivity contribution in [1.82, 2.24) is 5.43 Å². The zero-order chi connectivity index (χ0) is 10.7. The molecule has 0 radical (unpaired) electrons. The molecule has 0 saturated carbocycles. The first-order valence-corrected chi connectivity index (χ1v) is 6.34. The van der Waals surface area contributed by atoms with Crippen molar-refractivity contribution in [2.75, 3.05) is 6.61 Å². The van der Waals surface area contributed by atoms with Gasteiger partial charge in [-0.15, -0.1) is 0 Å². The van der Waals surface area contributed by atoms with Gasteiger partial charge in [-0.3, -0.25) is 11.3 Å². The zero-order valence-corrected chi connectivity index (χ0v) is 9.80. The summed E-state index contributed by atoms with van der Waals surface area (Å²) in [5, 5.41) is 4.29. The van der Waals surface area contributed by atoms with E-state index in [1.807, 2.05) is 0 Å². The first-order chi connectivity index (χ1) is 7.31. The fraction of sp³-hybridized carbons (Fsp3) is 0.636. The maximum atomic E-state index is 5.63. The third kappa shape index (κ3) is 2.58. The Hall–Kier alpha value is -0.420. The Morgan fingerprint density at radius 2 is 2.60 bits per heavy atom. The third-order valence-corrected chi connectivity index (χ3v) is 3.93. The number of rotatable bonds is 4. The molecule has 3 unspecified atom stereocenters. The Bertz CT molecular complexity index is 289. The lowest BCUT2D eigenvalue weighted by Gasteiger charge is -2.24. The summed E-state index contributed by atoms with van der Waals surface area (Å²) in [6.45, 7) is 3.00. The topological polar surface area (TPSA) is 47.3 Å². The van der Waals surface area contributed by atoms with E-state index in [9.17, 15) is 0 Å². The molecule has 1 aliphatic rings. The van der Waals surface area contributed by atoms with Crippen LogP contribution in [0.1, 0.15) is 18.9 Å². The van der Waals surface area contributed by atoms with Crippen molar-refractivity contribution in [3.05, 3.63) is 22.4 Å². The van der Waals surface area contributed by atoms with Crippen LogP contribution in [-0.4, -0.2) is 18.8 Å². The van der Waals surface area contributed by atoms with Gasteiger partial charge in [-0.05, 0) is 42.2 Å². The van der Waals surface area contributed by atoms with Gasteiger partial charge in [0, 0.05) is 18.6 Å². The summed E-state index contributed by atoms with van der Waals surface area (Å²) in [6.07, 6.45) is 2.43. The molecule has 0 aromatic carbocycles. The number of hydrogen-bond acceptors (Lipinski definition) is 4. The van der Waals surface area contributed by atoms with E-state index in [-0.39, 0.29) is 0 Å². The van der Waals surface area contributed by atoms with Gasteiger partial charge >= 0.3 is 0 Å². The van der Waals surface area contributed by atoms with Gasteiger partial charge in [0.15, 0.2) is 0 Å². The van der Waals surface area contributed by atoms with Crippen LogP contribution in [0.15, 0.2) is 16.8 Å². The SMILES string of the molecule is CC1OCCC1C(Cc1ccsc1)NN. The van der Waals surface area contributed by atoms with E-state index in [0.29, 0.717) is 18.1 Å². The van der Waals surface area contributed by atoms with Gasteiger partial charge in [0.05, 0.1) is 6.10 Å². The van der Waals surface area contributed by atoms with E-state index in [0.717, 1.165) is 19.4 Å². The maximum absolute atomic E-state index is 5.63. The van der Waals surface area contributed by atoms with Crippen molar-refractivity contribution in [2.45, 2.75) is 31.9 Å². The molecule has 15 heavy (non-hydrogen) atoms. The zero-order valence-electron chi connectivity index (χ0n) is 8.98. The second-order valence-electron chi connectivity index (χ2n) is 4.14. The predicted molar refractivity (Wildman–Crippen MR) is 62.7 cm³/mol. The minimum absolute atomic E-state index is 0.324. The Labute approximate surface area is 94.6 Å². The van der Waals surface area contributed by atoms with Gasteiger partial charge in [-0.1, -0.05) is 0 Å². The molecule has 84 valence electrons. The van der Waals surface area contributed by atoms with E-state index in [2.05, 4.69) is 29.2 Å². The summed E-state index contributed by atoms with van der Waals surface area (Å²) in [7, 11) is 0. The van der Waals surface area contributed by atoms with Crippen LogP contribution in [0, 0.1) is 5.92 Å². The fourth-order valence-corrected chi connectivity index (χ4v) is 2.95. The Kier molecular flexibility index (Phi) is 3.75. The molecular weight excluding hydrogens is 208 g/mol. The van der Waals surface area contributed by atoms with Crippen LogP contribution in [-0.2, 0) is 11.2 Å². The summed E-state index contributed by atoms with van der Waals surface area (Å²) in [5.74, 6) is 6.17. The summed E-state index contributed by atoms with van der Waals surface area (Å²) in [5.41, 5.74) is 4.30. The molecular formula is C11H18N2OS. The average Bonchev–Trinajstić information content (AvgIpc) is 2.85. The number of ether oxygens (including phenoxy) is 1. The van der Waals surface area contributed by atoms with E-state index in [1.165, 1.54) is 5.56 Å². The molecule has 1 aromatic rings. The second kappa shape index (κ2) is 5.07.